The van der Waals surface area contributed by atoms with Crippen molar-refractivity contribution in [3.05, 3.63) is 18.0 Å². The zero-order valence-corrected chi connectivity index (χ0v) is 15.0. The summed E-state index contributed by atoms with van der Waals surface area (Å²) in [6, 6.07) is 0.0725. The number of hydrogen-bond donors (Lipinski definition) is 1. The molecule has 10 heteroatoms. The standard InChI is InChI=1S/C17H23F3N4O3/c1-11(25)10-27-14-4-7-24(15(14)26)13-2-5-23(6-3-13)16-21-8-12(9-22-16)17(18,19)20/h8-9,11,13-14,25H,2-7,10H2,1H3. The van der Waals surface area contributed by atoms with Gasteiger partial charge in [0.2, 0.25) is 5.95 Å². The summed E-state index contributed by atoms with van der Waals surface area (Å²) < 4.78 is 43.3. The van der Waals surface area contributed by atoms with Gasteiger partial charge in [-0.25, -0.2) is 9.97 Å². The topological polar surface area (TPSA) is 78.8 Å². The highest BCUT2D eigenvalue weighted by molar-refractivity contribution is 5.83. The molecule has 2 fully saturated rings. The number of likely N-dealkylation sites (tertiary alicyclic amines) is 1. The largest absolute Gasteiger partial charge is 0.419 e. The number of rotatable bonds is 5. The Morgan fingerprint density at radius 1 is 1.22 bits per heavy atom. The minimum atomic E-state index is -4.45. The quantitative estimate of drug-likeness (QED) is 0.823. The molecule has 150 valence electrons. The maximum Gasteiger partial charge on any atom is 0.419 e. The van der Waals surface area contributed by atoms with E-state index in [4.69, 9.17) is 4.74 Å². The smallest absolute Gasteiger partial charge is 0.391 e. The summed E-state index contributed by atoms with van der Waals surface area (Å²) in [6.45, 7) is 3.49. The summed E-state index contributed by atoms with van der Waals surface area (Å²) >= 11 is 0. The lowest BCUT2D eigenvalue weighted by Crippen LogP contribution is -2.47. The van der Waals surface area contributed by atoms with Crippen molar-refractivity contribution in [3.8, 4) is 0 Å². The van der Waals surface area contributed by atoms with Gasteiger partial charge in [-0.3, -0.25) is 4.79 Å². The van der Waals surface area contributed by atoms with Crippen LogP contribution in [0.3, 0.4) is 0 Å². The molecule has 0 aromatic carbocycles. The Bertz CT molecular complexity index is 646. The molecule has 0 saturated carbocycles. The molecule has 1 aromatic rings. The zero-order chi connectivity index (χ0) is 19.6. The van der Waals surface area contributed by atoms with E-state index in [0.717, 1.165) is 12.4 Å². The average Bonchev–Trinajstić information content (AvgIpc) is 3.00. The first-order valence-electron chi connectivity index (χ1n) is 9.00. The second kappa shape index (κ2) is 7.97. The molecule has 3 heterocycles. The van der Waals surface area contributed by atoms with Gasteiger partial charge in [0.25, 0.3) is 5.91 Å². The number of aliphatic hydroxyl groups is 1. The number of carbonyl (C=O) groups is 1. The van der Waals surface area contributed by atoms with Crippen LogP contribution in [0.2, 0.25) is 0 Å². The van der Waals surface area contributed by atoms with Crippen LogP contribution in [-0.2, 0) is 15.7 Å². The third-order valence-electron chi connectivity index (χ3n) is 4.88. The fourth-order valence-electron chi connectivity index (χ4n) is 3.46. The molecular formula is C17H23F3N4O3. The van der Waals surface area contributed by atoms with Gasteiger partial charge in [-0.15, -0.1) is 0 Å². The minimum Gasteiger partial charge on any atom is -0.391 e. The molecule has 2 unspecified atom stereocenters. The Kier molecular flexibility index (Phi) is 5.85. The molecule has 2 atom stereocenters. The average molecular weight is 388 g/mol. The third-order valence-corrected chi connectivity index (χ3v) is 4.88. The molecule has 7 nitrogen and oxygen atoms in total. The van der Waals surface area contributed by atoms with Gasteiger partial charge in [0, 0.05) is 44.5 Å². The van der Waals surface area contributed by atoms with Gasteiger partial charge in [0.1, 0.15) is 6.10 Å². The monoisotopic (exact) mass is 388 g/mol. The van der Waals surface area contributed by atoms with Gasteiger partial charge in [-0.1, -0.05) is 0 Å². The molecule has 1 N–H and O–H groups in total. The molecule has 3 rings (SSSR count). The van der Waals surface area contributed by atoms with Crippen LogP contribution in [0.4, 0.5) is 19.1 Å². The van der Waals surface area contributed by atoms with Crippen LogP contribution < -0.4 is 4.90 Å². The molecule has 2 saturated heterocycles. The number of aliphatic hydroxyl groups excluding tert-OH is 1. The lowest BCUT2D eigenvalue weighted by Gasteiger charge is -2.36. The van der Waals surface area contributed by atoms with E-state index in [-0.39, 0.29) is 24.5 Å². The SMILES string of the molecule is CC(O)COC1CCN(C2CCN(c3ncc(C(F)(F)F)cn3)CC2)C1=O. The van der Waals surface area contributed by atoms with Gasteiger partial charge in [-0.05, 0) is 19.8 Å². The number of hydrogen-bond acceptors (Lipinski definition) is 6. The van der Waals surface area contributed by atoms with Crippen LogP contribution in [0.1, 0.15) is 31.7 Å². The van der Waals surface area contributed by atoms with Crippen molar-refractivity contribution in [1.29, 1.82) is 0 Å². The summed E-state index contributed by atoms with van der Waals surface area (Å²) in [7, 11) is 0. The Hall–Kier alpha value is -1.94. The molecule has 1 aromatic heterocycles. The molecule has 27 heavy (non-hydrogen) atoms. The van der Waals surface area contributed by atoms with Crippen molar-refractivity contribution in [3.63, 3.8) is 0 Å². The van der Waals surface area contributed by atoms with Crippen molar-refractivity contribution in [2.24, 2.45) is 0 Å². The molecule has 2 aliphatic rings. The number of halogens is 3. The van der Waals surface area contributed by atoms with Crippen molar-refractivity contribution in [2.75, 3.05) is 31.1 Å². The Morgan fingerprint density at radius 3 is 2.41 bits per heavy atom. The van der Waals surface area contributed by atoms with Crippen LogP contribution in [0, 0.1) is 0 Å². The molecule has 0 aliphatic carbocycles. The molecule has 0 bridgehead atoms. The number of nitrogens with zero attached hydrogens (tertiary/aromatic N) is 4. The summed E-state index contributed by atoms with van der Waals surface area (Å²) in [4.78, 5) is 23.8. The molecule has 1 amide bonds. The Balaban J connectivity index is 1.52. The van der Waals surface area contributed by atoms with Gasteiger partial charge in [-0.2, -0.15) is 13.2 Å². The van der Waals surface area contributed by atoms with Crippen molar-refractivity contribution >= 4 is 11.9 Å². The van der Waals surface area contributed by atoms with E-state index in [1.807, 2.05) is 9.80 Å². The highest BCUT2D eigenvalue weighted by Crippen LogP contribution is 2.29. The van der Waals surface area contributed by atoms with Crippen LogP contribution in [0.5, 0.6) is 0 Å². The van der Waals surface area contributed by atoms with E-state index in [2.05, 4.69) is 9.97 Å². The number of aromatic nitrogens is 2. The Labute approximate surface area is 155 Å². The minimum absolute atomic E-state index is 0.0557. The van der Waals surface area contributed by atoms with Crippen LogP contribution in [0.15, 0.2) is 12.4 Å². The van der Waals surface area contributed by atoms with Crippen molar-refractivity contribution in [1.82, 2.24) is 14.9 Å². The van der Waals surface area contributed by atoms with Gasteiger partial charge < -0.3 is 19.6 Å². The normalized spacial score (nSPS) is 23.1. The third kappa shape index (κ3) is 4.67. The first kappa shape index (κ1) is 19.8. The summed E-state index contributed by atoms with van der Waals surface area (Å²) in [6.07, 6.45) is -1.99. The number of ether oxygens (including phenoxy) is 1. The zero-order valence-electron chi connectivity index (χ0n) is 15.0. The summed E-state index contributed by atoms with van der Waals surface area (Å²) in [5.74, 6) is 0.215. The highest BCUT2D eigenvalue weighted by Gasteiger charge is 2.38. The van der Waals surface area contributed by atoms with Crippen molar-refractivity contribution < 1.29 is 27.8 Å². The van der Waals surface area contributed by atoms with Gasteiger partial charge >= 0.3 is 6.18 Å². The number of piperidine rings is 1. The molecule has 0 radical (unpaired) electrons. The number of amides is 1. The van der Waals surface area contributed by atoms with E-state index in [0.29, 0.717) is 38.9 Å². The molecular weight excluding hydrogens is 365 g/mol. The fraction of sp³-hybridized carbons (Fsp3) is 0.706. The van der Waals surface area contributed by atoms with Gasteiger partial charge in [0.05, 0.1) is 18.3 Å². The Morgan fingerprint density at radius 2 is 1.85 bits per heavy atom. The predicted octanol–water partition coefficient (Wildman–Crippen LogP) is 1.46. The highest BCUT2D eigenvalue weighted by atomic mass is 19.4. The van der Waals surface area contributed by atoms with E-state index in [9.17, 15) is 23.1 Å². The maximum absolute atomic E-state index is 12.6. The van der Waals surface area contributed by atoms with E-state index >= 15 is 0 Å². The second-order valence-corrected chi connectivity index (χ2v) is 6.98. The van der Waals surface area contributed by atoms with E-state index in [1.54, 1.807) is 6.92 Å². The van der Waals surface area contributed by atoms with Crippen LogP contribution in [-0.4, -0.2) is 70.4 Å². The molecule has 2 aliphatic heterocycles. The van der Waals surface area contributed by atoms with Gasteiger partial charge in [0.15, 0.2) is 0 Å². The second-order valence-electron chi connectivity index (χ2n) is 6.98. The first-order chi connectivity index (χ1) is 12.8. The summed E-state index contributed by atoms with van der Waals surface area (Å²) in [5, 5.41) is 9.28. The number of carbonyl (C=O) groups excluding carboxylic acids is 1. The number of alkyl halides is 3. The van der Waals surface area contributed by atoms with E-state index < -0.39 is 23.9 Å². The summed E-state index contributed by atoms with van der Waals surface area (Å²) in [5.41, 5.74) is -0.868. The van der Waals surface area contributed by atoms with Crippen molar-refractivity contribution in [2.45, 2.75) is 50.6 Å². The molecule has 0 spiro atoms. The lowest BCUT2D eigenvalue weighted by atomic mass is 10.0. The maximum atomic E-state index is 12.6. The predicted molar refractivity (Wildman–Crippen MR) is 90.0 cm³/mol. The fourth-order valence-corrected chi connectivity index (χ4v) is 3.46. The van der Waals surface area contributed by atoms with E-state index in [1.165, 1.54) is 0 Å². The van der Waals surface area contributed by atoms with Crippen LogP contribution >= 0.6 is 0 Å². The first-order valence-corrected chi connectivity index (χ1v) is 9.00. The van der Waals surface area contributed by atoms with Crippen LogP contribution in [0.25, 0.3) is 0 Å². The number of anilines is 1. The lowest BCUT2D eigenvalue weighted by molar-refractivity contribution is -0.141.